The topological polar surface area (TPSA) is 26.0 Å². The van der Waals surface area contributed by atoms with Crippen molar-refractivity contribution in [2.24, 2.45) is 0 Å². The Morgan fingerprint density at radius 1 is 1.00 bits per heavy atom. The van der Waals surface area contributed by atoms with Gasteiger partial charge in [-0.2, -0.15) is 0 Å². The fourth-order valence-electron chi connectivity index (χ4n) is 1.89. The number of oxazole rings is 1. The van der Waals surface area contributed by atoms with Crippen molar-refractivity contribution in [3.63, 3.8) is 0 Å². The standard InChI is InChI=1S/C15H9BrFNO/c16-12-3-1-2-11(8-12)15-14(18-9-19-15)10-4-6-13(17)7-5-10/h1-9H. The van der Waals surface area contributed by atoms with Crippen LogP contribution in [0, 0.1) is 5.82 Å². The zero-order valence-electron chi connectivity index (χ0n) is 9.81. The van der Waals surface area contributed by atoms with Crippen LogP contribution >= 0.6 is 15.9 Å². The first-order chi connectivity index (χ1) is 9.24. The normalized spacial score (nSPS) is 10.6. The minimum Gasteiger partial charge on any atom is -0.443 e. The summed E-state index contributed by atoms with van der Waals surface area (Å²) in [5.74, 6) is 0.407. The lowest BCUT2D eigenvalue weighted by molar-refractivity contribution is 0.572. The molecule has 3 rings (SSSR count). The van der Waals surface area contributed by atoms with Crippen LogP contribution in [-0.4, -0.2) is 4.98 Å². The molecular formula is C15H9BrFNO. The first-order valence-corrected chi connectivity index (χ1v) is 6.49. The van der Waals surface area contributed by atoms with Crippen LogP contribution in [0.4, 0.5) is 4.39 Å². The van der Waals surface area contributed by atoms with Crippen molar-refractivity contribution < 1.29 is 8.81 Å². The van der Waals surface area contributed by atoms with E-state index in [1.807, 2.05) is 24.3 Å². The van der Waals surface area contributed by atoms with Crippen molar-refractivity contribution in [3.8, 4) is 22.6 Å². The zero-order chi connectivity index (χ0) is 13.2. The fraction of sp³-hybridized carbons (Fsp3) is 0. The summed E-state index contributed by atoms with van der Waals surface area (Å²) in [4.78, 5) is 4.22. The molecule has 0 atom stereocenters. The molecule has 0 N–H and O–H groups in total. The van der Waals surface area contributed by atoms with Crippen LogP contribution in [-0.2, 0) is 0 Å². The van der Waals surface area contributed by atoms with Crippen molar-refractivity contribution in [3.05, 3.63) is 65.2 Å². The second kappa shape index (κ2) is 4.97. The highest BCUT2D eigenvalue weighted by atomic mass is 79.9. The minimum atomic E-state index is -0.267. The molecule has 0 bridgehead atoms. The third kappa shape index (κ3) is 2.44. The molecule has 0 spiro atoms. The number of aromatic nitrogens is 1. The second-order valence-electron chi connectivity index (χ2n) is 4.05. The van der Waals surface area contributed by atoms with E-state index < -0.39 is 0 Å². The second-order valence-corrected chi connectivity index (χ2v) is 4.96. The molecule has 2 aromatic carbocycles. The van der Waals surface area contributed by atoms with E-state index in [4.69, 9.17) is 4.42 Å². The molecule has 19 heavy (non-hydrogen) atoms. The van der Waals surface area contributed by atoms with E-state index in [1.165, 1.54) is 18.5 Å². The van der Waals surface area contributed by atoms with Crippen molar-refractivity contribution in [2.45, 2.75) is 0 Å². The average Bonchev–Trinajstić information content (AvgIpc) is 2.89. The molecule has 3 aromatic rings. The number of nitrogens with zero attached hydrogens (tertiary/aromatic N) is 1. The Morgan fingerprint density at radius 3 is 2.53 bits per heavy atom. The molecule has 0 unspecified atom stereocenters. The largest absolute Gasteiger partial charge is 0.443 e. The molecule has 0 aliphatic heterocycles. The maximum absolute atomic E-state index is 13.0. The number of rotatable bonds is 2. The Hall–Kier alpha value is -1.94. The van der Waals surface area contributed by atoms with Gasteiger partial charge in [0.15, 0.2) is 12.2 Å². The monoisotopic (exact) mass is 317 g/mol. The third-order valence-electron chi connectivity index (χ3n) is 2.77. The van der Waals surface area contributed by atoms with Gasteiger partial charge in [0.25, 0.3) is 0 Å². The fourth-order valence-corrected chi connectivity index (χ4v) is 2.29. The molecule has 2 nitrogen and oxygen atoms in total. The van der Waals surface area contributed by atoms with Gasteiger partial charge in [-0.25, -0.2) is 9.37 Å². The number of benzene rings is 2. The predicted octanol–water partition coefficient (Wildman–Crippen LogP) is 4.91. The summed E-state index contributed by atoms with van der Waals surface area (Å²) in [5, 5.41) is 0. The van der Waals surface area contributed by atoms with Gasteiger partial charge >= 0.3 is 0 Å². The lowest BCUT2D eigenvalue weighted by Crippen LogP contribution is -1.83. The van der Waals surface area contributed by atoms with Gasteiger partial charge in [-0.05, 0) is 36.4 Å². The van der Waals surface area contributed by atoms with Crippen molar-refractivity contribution in [1.29, 1.82) is 0 Å². The molecule has 0 aliphatic carbocycles. The Balaban J connectivity index is 2.10. The van der Waals surface area contributed by atoms with Gasteiger partial charge in [0.05, 0.1) is 0 Å². The first-order valence-electron chi connectivity index (χ1n) is 5.69. The quantitative estimate of drug-likeness (QED) is 0.671. The summed E-state index contributed by atoms with van der Waals surface area (Å²) >= 11 is 3.43. The molecule has 4 heteroatoms. The highest BCUT2D eigenvalue weighted by Gasteiger charge is 2.13. The number of hydrogen-bond donors (Lipinski definition) is 0. The van der Waals surface area contributed by atoms with Crippen molar-refractivity contribution in [2.75, 3.05) is 0 Å². The van der Waals surface area contributed by atoms with Gasteiger partial charge in [-0.15, -0.1) is 0 Å². The lowest BCUT2D eigenvalue weighted by atomic mass is 10.1. The summed E-state index contributed by atoms with van der Waals surface area (Å²) in [6, 6.07) is 14.0. The van der Waals surface area contributed by atoms with Gasteiger partial charge < -0.3 is 4.42 Å². The third-order valence-corrected chi connectivity index (χ3v) is 3.27. The molecular weight excluding hydrogens is 309 g/mol. The summed E-state index contributed by atoms with van der Waals surface area (Å²) in [6.45, 7) is 0. The number of hydrogen-bond acceptors (Lipinski definition) is 2. The van der Waals surface area contributed by atoms with Crippen LogP contribution in [0.25, 0.3) is 22.6 Å². The Bertz CT molecular complexity index is 706. The summed E-state index contributed by atoms with van der Waals surface area (Å²) in [5.41, 5.74) is 2.45. The minimum absolute atomic E-state index is 0.267. The van der Waals surface area contributed by atoms with E-state index in [-0.39, 0.29) is 5.82 Å². The maximum atomic E-state index is 13.0. The summed E-state index contributed by atoms with van der Waals surface area (Å²) in [6.07, 6.45) is 1.40. The van der Waals surface area contributed by atoms with Crippen molar-refractivity contribution in [1.82, 2.24) is 4.98 Å². The van der Waals surface area contributed by atoms with Crippen LogP contribution in [0.3, 0.4) is 0 Å². The molecule has 0 fully saturated rings. The van der Waals surface area contributed by atoms with Crippen LogP contribution in [0.15, 0.2) is 63.8 Å². The van der Waals surface area contributed by atoms with Crippen LogP contribution in [0.1, 0.15) is 0 Å². The number of halogens is 2. The smallest absolute Gasteiger partial charge is 0.182 e. The van der Waals surface area contributed by atoms with Gasteiger partial charge in [-0.1, -0.05) is 28.1 Å². The molecule has 1 aromatic heterocycles. The van der Waals surface area contributed by atoms with Crippen LogP contribution < -0.4 is 0 Å². The summed E-state index contributed by atoms with van der Waals surface area (Å²) in [7, 11) is 0. The van der Waals surface area contributed by atoms with Gasteiger partial charge in [0.1, 0.15) is 11.5 Å². The average molecular weight is 318 g/mol. The van der Waals surface area contributed by atoms with Gasteiger partial charge in [-0.3, -0.25) is 0 Å². The molecule has 94 valence electrons. The molecule has 1 heterocycles. The predicted molar refractivity (Wildman–Crippen MR) is 75.0 cm³/mol. The van der Waals surface area contributed by atoms with Gasteiger partial charge in [0, 0.05) is 15.6 Å². The van der Waals surface area contributed by atoms with E-state index >= 15 is 0 Å². The van der Waals surface area contributed by atoms with Crippen LogP contribution in [0.5, 0.6) is 0 Å². The molecule has 0 aliphatic rings. The van der Waals surface area contributed by atoms with E-state index in [9.17, 15) is 4.39 Å². The molecule has 0 amide bonds. The van der Waals surface area contributed by atoms with Crippen LogP contribution in [0.2, 0.25) is 0 Å². The SMILES string of the molecule is Fc1ccc(-c2ncoc2-c2cccc(Br)c2)cc1. The van der Waals surface area contributed by atoms with E-state index in [1.54, 1.807) is 12.1 Å². The Kier molecular flexibility index (Phi) is 3.17. The van der Waals surface area contributed by atoms with E-state index in [2.05, 4.69) is 20.9 Å². The highest BCUT2D eigenvalue weighted by molar-refractivity contribution is 9.10. The van der Waals surface area contributed by atoms with Gasteiger partial charge in [0.2, 0.25) is 0 Å². The lowest BCUT2D eigenvalue weighted by Gasteiger charge is -2.02. The van der Waals surface area contributed by atoms with Crippen molar-refractivity contribution >= 4 is 15.9 Å². The highest BCUT2D eigenvalue weighted by Crippen LogP contribution is 2.32. The van der Waals surface area contributed by atoms with E-state index in [0.29, 0.717) is 11.5 Å². The molecule has 0 saturated heterocycles. The Morgan fingerprint density at radius 2 is 1.79 bits per heavy atom. The Labute approximate surface area is 118 Å². The summed E-state index contributed by atoms with van der Waals surface area (Å²) < 4.78 is 19.4. The first kappa shape index (κ1) is 12.1. The molecule has 0 radical (unpaired) electrons. The maximum Gasteiger partial charge on any atom is 0.182 e. The molecule has 0 saturated carbocycles. The zero-order valence-corrected chi connectivity index (χ0v) is 11.4. The van der Waals surface area contributed by atoms with E-state index in [0.717, 1.165) is 15.6 Å².